The van der Waals surface area contributed by atoms with Gasteiger partial charge in [-0.15, -0.1) is 24.8 Å². The predicted octanol–water partition coefficient (Wildman–Crippen LogP) is 3.44. The van der Waals surface area contributed by atoms with E-state index in [9.17, 15) is 4.79 Å². The molecule has 0 bridgehead atoms. The molecular weight excluding hydrogens is 425 g/mol. The second-order valence-corrected chi connectivity index (χ2v) is 7.58. The number of methoxy groups -OCH3 is 1. The van der Waals surface area contributed by atoms with Crippen LogP contribution < -0.4 is 15.4 Å². The quantitative estimate of drug-likeness (QED) is 0.697. The summed E-state index contributed by atoms with van der Waals surface area (Å²) in [7, 11) is 1.69. The van der Waals surface area contributed by atoms with Gasteiger partial charge in [0, 0.05) is 31.3 Å². The van der Waals surface area contributed by atoms with Crippen molar-refractivity contribution in [1.82, 2.24) is 20.0 Å². The highest BCUT2D eigenvalue weighted by atomic mass is 35.5. The molecular formula is C21H31Cl2N5O2. The molecule has 2 aromatic rings. The fourth-order valence-corrected chi connectivity index (χ4v) is 4.40. The van der Waals surface area contributed by atoms with E-state index in [2.05, 4.69) is 26.7 Å². The van der Waals surface area contributed by atoms with Crippen LogP contribution >= 0.6 is 24.8 Å². The van der Waals surface area contributed by atoms with Crippen molar-refractivity contribution >= 4 is 36.5 Å². The maximum absolute atomic E-state index is 12.8. The second kappa shape index (κ2) is 11.6. The molecule has 0 radical (unpaired) electrons. The lowest BCUT2D eigenvalue weighted by molar-refractivity contribution is -0.118. The summed E-state index contributed by atoms with van der Waals surface area (Å²) in [5.41, 5.74) is 1.11. The van der Waals surface area contributed by atoms with Gasteiger partial charge in [-0.3, -0.25) is 9.69 Å². The minimum absolute atomic E-state index is 0. The number of aromatic nitrogens is 2. The Bertz CT molecular complexity index is 810. The predicted molar refractivity (Wildman–Crippen MR) is 123 cm³/mol. The Balaban J connectivity index is 0.00000160. The monoisotopic (exact) mass is 455 g/mol. The van der Waals surface area contributed by atoms with Gasteiger partial charge in [0.1, 0.15) is 11.6 Å². The summed E-state index contributed by atoms with van der Waals surface area (Å²) < 4.78 is 7.53. The lowest BCUT2D eigenvalue weighted by Gasteiger charge is -2.36. The molecule has 1 aromatic carbocycles. The number of anilines is 1. The van der Waals surface area contributed by atoms with Crippen LogP contribution in [0.25, 0.3) is 0 Å². The van der Waals surface area contributed by atoms with Gasteiger partial charge in [0.2, 0.25) is 5.91 Å². The summed E-state index contributed by atoms with van der Waals surface area (Å²) in [5, 5.41) is 11.0. The number of nitrogens with one attached hydrogen (secondary N) is 2. The molecule has 2 fully saturated rings. The molecule has 1 atom stereocenters. The molecule has 1 unspecified atom stereocenters. The molecule has 1 saturated carbocycles. The highest BCUT2D eigenvalue weighted by Gasteiger charge is 2.28. The number of amides is 1. The van der Waals surface area contributed by atoms with E-state index in [4.69, 9.17) is 4.74 Å². The maximum atomic E-state index is 12.8. The standard InChI is InChI=1S/C21H29N5O2.2ClH/c1-28-19-9-5-4-8-17(19)18-14-22-12-13-25(18)15-21(27)24-20-10-11-23-26(20)16-6-2-3-7-16;;/h4-5,8-11,16,18,22H,2-3,6-7,12-15H2,1H3,(H,24,27);2*1H. The third-order valence-electron chi connectivity index (χ3n) is 5.81. The van der Waals surface area contributed by atoms with Crippen molar-refractivity contribution < 1.29 is 9.53 Å². The molecule has 166 valence electrons. The van der Waals surface area contributed by atoms with Gasteiger partial charge in [0.05, 0.1) is 31.9 Å². The third-order valence-corrected chi connectivity index (χ3v) is 5.81. The first-order valence-corrected chi connectivity index (χ1v) is 10.2. The molecule has 2 aliphatic rings. The summed E-state index contributed by atoms with van der Waals surface area (Å²) in [6.07, 6.45) is 6.52. The van der Waals surface area contributed by atoms with Crippen molar-refractivity contribution in [2.45, 2.75) is 37.8 Å². The minimum Gasteiger partial charge on any atom is -0.496 e. The van der Waals surface area contributed by atoms with E-state index < -0.39 is 0 Å². The van der Waals surface area contributed by atoms with Crippen molar-refractivity contribution in [1.29, 1.82) is 0 Å². The Morgan fingerprint density at radius 3 is 2.77 bits per heavy atom. The van der Waals surface area contributed by atoms with Crippen LogP contribution in [0, 0.1) is 0 Å². The van der Waals surface area contributed by atoms with Crippen molar-refractivity contribution in [2.75, 3.05) is 38.6 Å². The Hall–Kier alpha value is -1.80. The van der Waals surface area contributed by atoms with Crippen LogP contribution in [-0.2, 0) is 4.79 Å². The number of hydrogen-bond acceptors (Lipinski definition) is 5. The Morgan fingerprint density at radius 2 is 2.00 bits per heavy atom. The van der Waals surface area contributed by atoms with Crippen LogP contribution in [0.2, 0.25) is 0 Å². The molecule has 0 spiro atoms. The highest BCUT2D eigenvalue weighted by Crippen LogP contribution is 2.32. The number of carbonyl (C=O) groups excluding carboxylic acids is 1. The molecule has 2 heterocycles. The SMILES string of the molecule is COc1ccccc1C1CNCCN1CC(=O)Nc1ccnn1C1CCCC1.Cl.Cl. The fourth-order valence-electron chi connectivity index (χ4n) is 4.40. The minimum atomic E-state index is 0. The number of piperazine rings is 1. The van der Waals surface area contributed by atoms with E-state index in [0.29, 0.717) is 12.6 Å². The number of para-hydroxylation sites is 1. The van der Waals surface area contributed by atoms with E-state index in [-0.39, 0.29) is 36.8 Å². The average Bonchev–Trinajstić information content (AvgIpc) is 3.40. The van der Waals surface area contributed by atoms with Crippen molar-refractivity contribution in [3.63, 3.8) is 0 Å². The molecule has 1 saturated heterocycles. The summed E-state index contributed by atoms with van der Waals surface area (Å²) in [6, 6.07) is 10.5. The van der Waals surface area contributed by atoms with Gasteiger partial charge < -0.3 is 15.4 Å². The topological polar surface area (TPSA) is 71.4 Å². The number of halogens is 2. The Kier molecular flexibility index (Phi) is 9.42. The summed E-state index contributed by atoms with van der Waals surface area (Å²) in [4.78, 5) is 15.1. The van der Waals surface area contributed by atoms with E-state index in [0.717, 1.165) is 49.6 Å². The van der Waals surface area contributed by atoms with Gasteiger partial charge in [0.25, 0.3) is 0 Å². The van der Waals surface area contributed by atoms with Crippen LogP contribution in [-0.4, -0.2) is 53.9 Å². The first-order valence-electron chi connectivity index (χ1n) is 10.2. The van der Waals surface area contributed by atoms with Crippen LogP contribution in [0.5, 0.6) is 5.75 Å². The van der Waals surface area contributed by atoms with Crippen LogP contribution in [0.3, 0.4) is 0 Å². The van der Waals surface area contributed by atoms with Crippen LogP contribution in [0.4, 0.5) is 5.82 Å². The van der Waals surface area contributed by atoms with Crippen LogP contribution in [0.15, 0.2) is 36.5 Å². The van der Waals surface area contributed by atoms with E-state index in [1.54, 1.807) is 13.3 Å². The number of hydrogen-bond donors (Lipinski definition) is 2. The molecule has 1 aliphatic heterocycles. The van der Waals surface area contributed by atoms with E-state index in [1.165, 1.54) is 12.8 Å². The Labute approximate surface area is 190 Å². The van der Waals surface area contributed by atoms with Crippen molar-refractivity contribution in [3.8, 4) is 5.75 Å². The van der Waals surface area contributed by atoms with Gasteiger partial charge >= 0.3 is 0 Å². The number of rotatable bonds is 6. The zero-order valence-electron chi connectivity index (χ0n) is 17.3. The Morgan fingerprint density at radius 1 is 1.23 bits per heavy atom. The molecule has 9 heteroatoms. The third kappa shape index (κ3) is 5.46. The second-order valence-electron chi connectivity index (χ2n) is 7.58. The molecule has 7 nitrogen and oxygen atoms in total. The van der Waals surface area contributed by atoms with E-state index in [1.807, 2.05) is 28.9 Å². The van der Waals surface area contributed by atoms with Gasteiger partial charge in [0.15, 0.2) is 0 Å². The van der Waals surface area contributed by atoms with Gasteiger partial charge in [-0.1, -0.05) is 31.0 Å². The zero-order valence-corrected chi connectivity index (χ0v) is 18.9. The average molecular weight is 456 g/mol. The molecule has 1 aromatic heterocycles. The lowest BCUT2D eigenvalue weighted by Crippen LogP contribution is -2.48. The number of nitrogens with zero attached hydrogens (tertiary/aromatic N) is 3. The molecule has 1 aliphatic carbocycles. The van der Waals surface area contributed by atoms with Crippen molar-refractivity contribution in [2.24, 2.45) is 0 Å². The lowest BCUT2D eigenvalue weighted by atomic mass is 10.0. The van der Waals surface area contributed by atoms with Gasteiger partial charge in [-0.25, -0.2) is 4.68 Å². The first kappa shape index (κ1) is 24.5. The summed E-state index contributed by atoms with van der Waals surface area (Å²) in [6.45, 7) is 2.84. The smallest absolute Gasteiger partial charge is 0.239 e. The fraction of sp³-hybridized carbons (Fsp3) is 0.524. The van der Waals surface area contributed by atoms with Gasteiger partial charge in [-0.2, -0.15) is 5.10 Å². The number of benzene rings is 1. The van der Waals surface area contributed by atoms with Crippen molar-refractivity contribution in [3.05, 3.63) is 42.1 Å². The summed E-state index contributed by atoms with van der Waals surface area (Å²) in [5.74, 6) is 1.67. The largest absolute Gasteiger partial charge is 0.496 e. The maximum Gasteiger partial charge on any atom is 0.239 e. The zero-order chi connectivity index (χ0) is 19.3. The van der Waals surface area contributed by atoms with Gasteiger partial charge in [-0.05, 0) is 18.9 Å². The number of carbonyl (C=O) groups is 1. The molecule has 30 heavy (non-hydrogen) atoms. The highest BCUT2D eigenvalue weighted by molar-refractivity contribution is 5.91. The summed E-state index contributed by atoms with van der Waals surface area (Å²) >= 11 is 0. The first-order chi connectivity index (χ1) is 13.8. The van der Waals surface area contributed by atoms with Crippen LogP contribution in [0.1, 0.15) is 43.3 Å². The molecule has 1 amide bonds. The molecule has 2 N–H and O–H groups in total. The number of ether oxygens (including phenoxy) is 1. The normalized spacial score (nSPS) is 19.6. The molecule has 4 rings (SSSR count). The van der Waals surface area contributed by atoms with E-state index >= 15 is 0 Å².